The van der Waals surface area contributed by atoms with Crippen LogP contribution in [0.1, 0.15) is 18.4 Å². The molecule has 1 aromatic carbocycles. The van der Waals surface area contributed by atoms with Crippen LogP contribution in [0.4, 0.5) is 4.39 Å². The van der Waals surface area contributed by atoms with Crippen LogP contribution in [-0.4, -0.2) is 35.1 Å². The summed E-state index contributed by atoms with van der Waals surface area (Å²) in [5.74, 6) is -0.820. The summed E-state index contributed by atoms with van der Waals surface area (Å²) in [6, 6.07) is 5.72. The van der Waals surface area contributed by atoms with Crippen molar-refractivity contribution in [2.45, 2.75) is 25.4 Å². The minimum absolute atomic E-state index is 0.226. The highest BCUT2D eigenvalue weighted by Gasteiger charge is 2.26. The smallest absolute Gasteiger partial charge is 0.320 e. The van der Waals surface area contributed by atoms with Gasteiger partial charge >= 0.3 is 5.97 Å². The van der Waals surface area contributed by atoms with E-state index >= 15 is 0 Å². The lowest BCUT2D eigenvalue weighted by atomic mass is 10.00. The fourth-order valence-electron chi connectivity index (χ4n) is 2.56. The molecule has 1 aliphatic heterocycles. The van der Waals surface area contributed by atoms with Gasteiger partial charge in [0.05, 0.1) is 0 Å². The maximum Gasteiger partial charge on any atom is 0.320 e. The number of aliphatic carboxylic acids is 1. The van der Waals surface area contributed by atoms with Crippen molar-refractivity contribution in [3.05, 3.63) is 35.6 Å². The second-order valence-corrected chi connectivity index (χ2v) is 5.20. The molecule has 1 fully saturated rings. The van der Waals surface area contributed by atoms with Gasteiger partial charge in [-0.1, -0.05) is 12.1 Å². The Bertz CT molecular complexity index is 436. The molecule has 19 heavy (non-hydrogen) atoms. The number of rotatable bonds is 5. The highest BCUT2D eigenvalue weighted by Crippen LogP contribution is 2.22. The molecule has 3 N–H and O–H groups in total. The Labute approximate surface area is 112 Å². The topological polar surface area (TPSA) is 66.6 Å². The lowest BCUT2D eigenvalue weighted by Gasteiger charge is -2.17. The Morgan fingerprint density at radius 2 is 2.16 bits per heavy atom. The normalized spacial score (nSPS) is 21.5. The molecule has 1 aliphatic rings. The van der Waals surface area contributed by atoms with Crippen LogP contribution < -0.4 is 5.73 Å². The second-order valence-electron chi connectivity index (χ2n) is 5.20. The van der Waals surface area contributed by atoms with Gasteiger partial charge in [0.15, 0.2) is 0 Å². The number of halogens is 1. The van der Waals surface area contributed by atoms with E-state index in [2.05, 4.69) is 4.90 Å². The summed E-state index contributed by atoms with van der Waals surface area (Å²) in [6.45, 7) is 2.58. The molecule has 104 valence electrons. The van der Waals surface area contributed by atoms with Crippen LogP contribution in [-0.2, 0) is 11.3 Å². The highest BCUT2D eigenvalue weighted by atomic mass is 19.1. The Morgan fingerprint density at radius 1 is 1.47 bits per heavy atom. The molecule has 1 aromatic rings. The van der Waals surface area contributed by atoms with E-state index in [-0.39, 0.29) is 5.82 Å². The van der Waals surface area contributed by atoms with Crippen molar-refractivity contribution in [3.8, 4) is 0 Å². The molecule has 0 spiro atoms. The highest BCUT2D eigenvalue weighted by molar-refractivity contribution is 5.73. The van der Waals surface area contributed by atoms with Crippen LogP contribution in [0.15, 0.2) is 24.3 Å². The molecule has 0 bridgehead atoms. The molecule has 0 saturated carbocycles. The number of carboxylic acids is 1. The number of benzene rings is 1. The zero-order valence-corrected chi connectivity index (χ0v) is 10.8. The summed E-state index contributed by atoms with van der Waals surface area (Å²) in [5.41, 5.74) is 6.62. The summed E-state index contributed by atoms with van der Waals surface area (Å²) in [6.07, 6.45) is 1.50. The summed E-state index contributed by atoms with van der Waals surface area (Å²) in [4.78, 5) is 13.0. The van der Waals surface area contributed by atoms with E-state index in [0.717, 1.165) is 31.6 Å². The van der Waals surface area contributed by atoms with Crippen molar-refractivity contribution in [1.82, 2.24) is 4.90 Å². The van der Waals surface area contributed by atoms with Crippen LogP contribution >= 0.6 is 0 Å². The lowest BCUT2D eigenvalue weighted by molar-refractivity contribution is -0.138. The van der Waals surface area contributed by atoms with Crippen LogP contribution in [0.2, 0.25) is 0 Å². The molecule has 0 radical (unpaired) electrons. The van der Waals surface area contributed by atoms with Crippen LogP contribution in [0.3, 0.4) is 0 Å². The summed E-state index contributed by atoms with van der Waals surface area (Å²) < 4.78 is 12.8. The average Bonchev–Trinajstić information content (AvgIpc) is 2.79. The van der Waals surface area contributed by atoms with Crippen molar-refractivity contribution < 1.29 is 14.3 Å². The number of nitrogens with zero attached hydrogens (tertiary/aromatic N) is 1. The van der Waals surface area contributed by atoms with E-state index in [1.165, 1.54) is 12.1 Å². The minimum Gasteiger partial charge on any atom is -0.480 e. The molecule has 0 aromatic heterocycles. The van der Waals surface area contributed by atoms with Gasteiger partial charge in [0, 0.05) is 13.1 Å². The van der Waals surface area contributed by atoms with Crippen molar-refractivity contribution in [1.29, 1.82) is 0 Å². The molecule has 2 rings (SSSR count). The zero-order chi connectivity index (χ0) is 13.8. The van der Waals surface area contributed by atoms with Gasteiger partial charge in [-0.3, -0.25) is 9.69 Å². The molecule has 1 saturated heterocycles. The third-order valence-corrected chi connectivity index (χ3v) is 3.59. The molecule has 1 heterocycles. The molecule has 0 aliphatic carbocycles. The third kappa shape index (κ3) is 4.01. The predicted molar refractivity (Wildman–Crippen MR) is 70.0 cm³/mol. The first-order chi connectivity index (χ1) is 9.04. The van der Waals surface area contributed by atoms with Gasteiger partial charge in [0.1, 0.15) is 11.9 Å². The third-order valence-electron chi connectivity index (χ3n) is 3.59. The van der Waals surface area contributed by atoms with Crippen molar-refractivity contribution in [2.24, 2.45) is 11.7 Å². The van der Waals surface area contributed by atoms with Gasteiger partial charge < -0.3 is 10.8 Å². The largest absolute Gasteiger partial charge is 0.480 e. The van der Waals surface area contributed by atoms with Gasteiger partial charge in [-0.25, -0.2) is 4.39 Å². The molecular weight excluding hydrogens is 247 g/mol. The number of hydrogen-bond acceptors (Lipinski definition) is 3. The molecular formula is C14H19FN2O2. The van der Waals surface area contributed by atoms with Crippen molar-refractivity contribution >= 4 is 5.97 Å². The Morgan fingerprint density at radius 3 is 2.79 bits per heavy atom. The first-order valence-electron chi connectivity index (χ1n) is 6.50. The Kier molecular flexibility index (Phi) is 4.50. The lowest BCUT2D eigenvalue weighted by Crippen LogP contribution is -2.33. The molecule has 0 amide bonds. The van der Waals surface area contributed by atoms with E-state index in [1.807, 2.05) is 0 Å². The first-order valence-corrected chi connectivity index (χ1v) is 6.50. The quantitative estimate of drug-likeness (QED) is 0.846. The van der Waals surface area contributed by atoms with Gasteiger partial charge in [-0.05, 0) is 43.0 Å². The Hall–Kier alpha value is -1.46. The number of likely N-dealkylation sites (tertiary alicyclic amines) is 1. The standard InChI is InChI=1S/C14H19FN2O2/c15-12-3-1-10(2-4-12)8-17-6-5-11(9-17)7-13(16)14(18)19/h1-4,11,13H,5-9,16H2,(H,18,19). The van der Waals surface area contributed by atoms with Crippen molar-refractivity contribution in [3.63, 3.8) is 0 Å². The van der Waals surface area contributed by atoms with E-state index < -0.39 is 12.0 Å². The van der Waals surface area contributed by atoms with Crippen LogP contribution in [0.25, 0.3) is 0 Å². The van der Waals surface area contributed by atoms with Gasteiger partial charge in [-0.2, -0.15) is 0 Å². The molecule has 2 unspecified atom stereocenters. The SMILES string of the molecule is NC(CC1CCN(Cc2ccc(F)cc2)C1)C(=O)O. The molecule has 2 atom stereocenters. The fraction of sp³-hybridized carbons (Fsp3) is 0.500. The van der Waals surface area contributed by atoms with E-state index in [1.54, 1.807) is 12.1 Å². The minimum atomic E-state index is -0.933. The van der Waals surface area contributed by atoms with Gasteiger partial charge in [-0.15, -0.1) is 0 Å². The zero-order valence-electron chi connectivity index (χ0n) is 10.8. The number of nitrogens with two attached hydrogens (primary N) is 1. The van der Waals surface area contributed by atoms with Gasteiger partial charge in [0.25, 0.3) is 0 Å². The predicted octanol–water partition coefficient (Wildman–Crippen LogP) is 1.45. The average molecular weight is 266 g/mol. The monoisotopic (exact) mass is 266 g/mol. The molecule has 4 nitrogen and oxygen atoms in total. The van der Waals surface area contributed by atoms with Gasteiger partial charge in [0.2, 0.25) is 0 Å². The Balaban J connectivity index is 1.82. The van der Waals surface area contributed by atoms with E-state index in [4.69, 9.17) is 10.8 Å². The first kappa shape index (κ1) is 14.0. The second kappa shape index (κ2) is 6.12. The van der Waals surface area contributed by atoms with Crippen LogP contribution in [0.5, 0.6) is 0 Å². The van der Waals surface area contributed by atoms with Crippen LogP contribution in [0, 0.1) is 11.7 Å². The fourth-order valence-corrected chi connectivity index (χ4v) is 2.56. The number of carbonyl (C=O) groups is 1. The summed E-state index contributed by atoms with van der Waals surface area (Å²) in [5, 5.41) is 8.80. The number of hydrogen-bond donors (Lipinski definition) is 2. The van der Waals surface area contributed by atoms with E-state index in [9.17, 15) is 9.18 Å². The summed E-state index contributed by atoms with van der Waals surface area (Å²) >= 11 is 0. The van der Waals surface area contributed by atoms with Crippen molar-refractivity contribution in [2.75, 3.05) is 13.1 Å². The maximum atomic E-state index is 12.8. The maximum absolute atomic E-state index is 12.8. The summed E-state index contributed by atoms with van der Waals surface area (Å²) in [7, 11) is 0. The van der Waals surface area contributed by atoms with E-state index in [0.29, 0.717) is 12.3 Å². The molecule has 5 heteroatoms. The number of carboxylic acid groups (broad SMARTS) is 1.